The highest BCUT2D eigenvalue weighted by Gasteiger charge is 2.21. The van der Waals surface area contributed by atoms with Crippen LogP contribution in [0.2, 0.25) is 12.6 Å². The Balaban J connectivity index is 1.69. The number of nitrogens with one attached hydrogen (secondary N) is 1. The Morgan fingerprint density at radius 2 is 2.05 bits per heavy atom. The number of amides is 1. The average molecular weight is 255 g/mol. The maximum Gasteiger partial charge on any atom is 0.251 e. The van der Waals surface area contributed by atoms with Gasteiger partial charge in [0.2, 0.25) is 0 Å². The van der Waals surface area contributed by atoms with Gasteiger partial charge in [-0.1, -0.05) is 12.6 Å². The summed E-state index contributed by atoms with van der Waals surface area (Å²) in [5.74, 6) is -0.0375. The van der Waals surface area contributed by atoms with Crippen molar-refractivity contribution in [2.45, 2.75) is 31.5 Å². The number of fused-ring (bicyclic) bond motifs is 1. The minimum absolute atomic E-state index is 0.0375. The van der Waals surface area contributed by atoms with Crippen LogP contribution in [-0.4, -0.2) is 36.6 Å². The molecule has 3 rings (SSSR count). The Kier molecular flexibility index (Phi) is 3.27. The first-order valence-corrected chi connectivity index (χ1v) is 6.75. The van der Waals surface area contributed by atoms with E-state index in [0.717, 1.165) is 19.4 Å². The van der Waals surface area contributed by atoms with Gasteiger partial charge in [-0.15, -0.1) is 0 Å². The van der Waals surface area contributed by atoms with Crippen LogP contribution in [0.5, 0.6) is 0 Å². The smallest absolute Gasteiger partial charge is 0.251 e. The zero-order valence-electron chi connectivity index (χ0n) is 10.9. The second-order valence-electron chi connectivity index (χ2n) is 5.40. The molecule has 1 aliphatic heterocycles. The molecule has 0 aliphatic carbocycles. The van der Waals surface area contributed by atoms with Crippen LogP contribution < -0.4 is 5.32 Å². The number of carbonyl (C=O) groups is 1. The van der Waals surface area contributed by atoms with E-state index in [1.807, 2.05) is 0 Å². The Bertz CT molecular complexity index is 593. The van der Waals surface area contributed by atoms with E-state index in [9.17, 15) is 4.79 Å². The molecule has 1 N–H and O–H groups in total. The second-order valence-corrected chi connectivity index (χ2v) is 5.40. The van der Waals surface area contributed by atoms with E-state index >= 15 is 0 Å². The van der Waals surface area contributed by atoms with E-state index in [0.29, 0.717) is 22.6 Å². The maximum absolute atomic E-state index is 12.2. The quantitative estimate of drug-likeness (QED) is 0.803. The molecule has 1 saturated heterocycles. The number of aromatic nitrogens is 2. The lowest BCUT2D eigenvalue weighted by Crippen LogP contribution is -2.39. The number of carbonyl (C=O) groups excluding carboxylic acids is 1. The van der Waals surface area contributed by atoms with Gasteiger partial charge in [0, 0.05) is 11.6 Å². The molecule has 0 atom stereocenters. The largest absolute Gasteiger partial charge is 0.349 e. The van der Waals surface area contributed by atoms with Crippen LogP contribution in [0.1, 0.15) is 23.2 Å². The Morgan fingerprint density at radius 1 is 1.32 bits per heavy atom. The van der Waals surface area contributed by atoms with Gasteiger partial charge in [-0.2, -0.15) is 0 Å². The first kappa shape index (κ1) is 12.3. The summed E-state index contributed by atoms with van der Waals surface area (Å²) in [5.41, 5.74) is 1.90. The summed E-state index contributed by atoms with van der Waals surface area (Å²) in [6.07, 6.45) is 4.52. The highest BCUT2D eigenvalue weighted by atomic mass is 16.6. The van der Waals surface area contributed by atoms with Gasteiger partial charge in [-0.25, -0.2) is 4.63 Å². The molecule has 1 aliphatic rings. The van der Waals surface area contributed by atoms with E-state index in [2.05, 4.69) is 28.0 Å². The molecule has 1 aromatic carbocycles. The highest BCUT2D eigenvalue weighted by molar-refractivity contribution is 7.03. The Morgan fingerprint density at radius 3 is 2.84 bits per heavy atom. The molecule has 0 bridgehead atoms. The van der Waals surface area contributed by atoms with Crippen LogP contribution in [0.4, 0.5) is 0 Å². The summed E-state index contributed by atoms with van der Waals surface area (Å²) in [6, 6.07) is 5.53. The molecular weight excluding hydrogens is 240 g/mol. The summed E-state index contributed by atoms with van der Waals surface area (Å²) < 4.78 is 4.63. The predicted octanol–water partition coefficient (Wildman–Crippen LogP) is 0.740. The van der Waals surface area contributed by atoms with Gasteiger partial charge < -0.3 is 5.32 Å². The SMILES string of the molecule is BB1CCC(NC(=O)c2ccc3nonc3c2)CC1. The van der Waals surface area contributed by atoms with Crippen molar-refractivity contribution in [1.82, 2.24) is 15.6 Å². The van der Waals surface area contributed by atoms with Crippen LogP contribution in [0.15, 0.2) is 22.8 Å². The summed E-state index contributed by atoms with van der Waals surface area (Å²) in [5, 5.41) is 10.6. The molecule has 0 saturated carbocycles. The van der Waals surface area contributed by atoms with Gasteiger partial charge in [0.05, 0.1) is 7.74 Å². The predicted molar refractivity (Wildman–Crippen MR) is 76.2 cm³/mol. The fourth-order valence-electron chi connectivity index (χ4n) is 2.60. The third kappa shape index (κ3) is 2.64. The lowest BCUT2D eigenvalue weighted by Gasteiger charge is -2.25. The highest BCUT2D eigenvalue weighted by Crippen LogP contribution is 2.18. The molecule has 0 radical (unpaired) electrons. The van der Waals surface area contributed by atoms with Crippen molar-refractivity contribution in [1.29, 1.82) is 0 Å². The topological polar surface area (TPSA) is 68.0 Å². The van der Waals surface area contributed by atoms with E-state index in [4.69, 9.17) is 0 Å². The zero-order chi connectivity index (χ0) is 13.2. The van der Waals surface area contributed by atoms with Crippen LogP contribution in [0.25, 0.3) is 11.0 Å². The maximum atomic E-state index is 12.2. The third-order valence-corrected chi connectivity index (χ3v) is 3.87. The fraction of sp³-hybridized carbons (Fsp3) is 0.417. The van der Waals surface area contributed by atoms with E-state index in [1.165, 1.54) is 12.6 Å². The molecule has 1 amide bonds. The number of hydrogen-bond donors (Lipinski definition) is 1. The van der Waals surface area contributed by atoms with Crippen LogP contribution in [0, 0.1) is 0 Å². The molecule has 96 valence electrons. The fourth-order valence-corrected chi connectivity index (χ4v) is 2.60. The van der Waals surface area contributed by atoms with Gasteiger partial charge in [-0.05, 0) is 41.4 Å². The minimum atomic E-state index is -0.0375. The molecule has 7 heteroatoms. The summed E-state index contributed by atoms with van der Waals surface area (Å²) in [7, 11) is 2.27. The van der Waals surface area contributed by atoms with E-state index in [-0.39, 0.29) is 5.91 Å². The molecule has 1 fully saturated rings. The van der Waals surface area contributed by atoms with Crippen molar-refractivity contribution in [2.24, 2.45) is 0 Å². The van der Waals surface area contributed by atoms with Gasteiger partial charge >= 0.3 is 0 Å². The van der Waals surface area contributed by atoms with Gasteiger partial charge in [0.25, 0.3) is 5.91 Å². The van der Waals surface area contributed by atoms with Crippen molar-refractivity contribution >= 4 is 31.3 Å². The molecule has 0 spiro atoms. The lowest BCUT2D eigenvalue weighted by atomic mass is 9.27. The van der Waals surface area contributed by atoms with Crippen molar-refractivity contribution in [3.63, 3.8) is 0 Å². The molecule has 2 aromatic rings. The average Bonchev–Trinajstić information content (AvgIpc) is 2.88. The van der Waals surface area contributed by atoms with Crippen molar-refractivity contribution in [2.75, 3.05) is 0 Å². The van der Waals surface area contributed by atoms with Gasteiger partial charge in [-0.3, -0.25) is 4.79 Å². The molecule has 1 aromatic heterocycles. The molecule has 19 heavy (non-hydrogen) atoms. The molecule has 0 unspecified atom stereocenters. The first-order chi connectivity index (χ1) is 9.22. The van der Waals surface area contributed by atoms with E-state index < -0.39 is 0 Å². The Hall–Kier alpha value is -1.78. The zero-order valence-corrected chi connectivity index (χ0v) is 10.9. The third-order valence-electron chi connectivity index (χ3n) is 3.87. The minimum Gasteiger partial charge on any atom is -0.349 e. The van der Waals surface area contributed by atoms with Crippen molar-refractivity contribution in [3.05, 3.63) is 23.8 Å². The summed E-state index contributed by atoms with van der Waals surface area (Å²) in [4.78, 5) is 12.2. The standard InChI is InChI=1S/C12H15B2N3O2/c13-14-5-3-9(4-6-14)15-12(18)8-1-2-10-11(7-8)17-19-16-10/h1-2,7,9H,3-6,13H2,(H,15,18). The van der Waals surface area contributed by atoms with E-state index in [1.54, 1.807) is 18.2 Å². The van der Waals surface area contributed by atoms with Crippen LogP contribution >= 0.6 is 0 Å². The number of hydrogen-bond acceptors (Lipinski definition) is 4. The van der Waals surface area contributed by atoms with Crippen molar-refractivity contribution in [3.8, 4) is 0 Å². The van der Waals surface area contributed by atoms with Gasteiger partial charge in [0.1, 0.15) is 17.6 Å². The summed E-state index contributed by atoms with van der Waals surface area (Å²) in [6.45, 7) is 0.783. The lowest BCUT2D eigenvalue weighted by molar-refractivity contribution is 0.0934. The first-order valence-electron chi connectivity index (χ1n) is 6.75. The van der Waals surface area contributed by atoms with Crippen LogP contribution in [-0.2, 0) is 0 Å². The molecular formula is C12H15B2N3O2. The summed E-state index contributed by atoms with van der Waals surface area (Å²) >= 11 is 0. The number of benzene rings is 1. The molecule has 2 heterocycles. The molecule has 5 nitrogen and oxygen atoms in total. The van der Waals surface area contributed by atoms with Crippen LogP contribution in [0.3, 0.4) is 0 Å². The van der Waals surface area contributed by atoms with Gasteiger partial charge in [0.15, 0.2) is 0 Å². The number of rotatable bonds is 2. The van der Waals surface area contributed by atoms with Crippen molar-refractivity contribution < 1.29 is 9.42 Å². The number of nitrogens with zero attached hydrogens (tertiary/aromatic N) is 2. The Labute approximate surface area is 112 Å². The normalized spacial score (nSPS) is 16.7. The monoisotopic (exact) mass is 255 g/mol. The second kappa shape index (κ2) is 5.07.